The number of methoxy groups -OCH3 is 1. The van der Waals surface area contributed by atoms with E-state index >= 15 is 0 Å². The number of rotatable bonds is 9. The van der Waals surface area contributed by atoms with Gasteiger partial charge in [0.1, 0.15) is 5.75 Å². The summed E-state index contributed by atoms with van der Waals surface area (Å²) in [6, 6.07) is 16.9. The van der Waals surface area contributed by atoms with Crippen LogP contribution in [0.25, 0.3) is 0 Å². The lowest BCUT2D eigenvalue weighted by Gasteiger charge is -2.22. The van der Waals surface area contributed by atoms with Crippen LogP contribution in [-0.4, -0.2) is 50.5 Å². The Hall–Kier alpha value is -2.38. The average Bonchev–Trinajstić information content (AvgIpc) is 2.65. The first-order chi connectivity index (χ1) is 12.8. The van der Waals surface area contributed by atoms with E-state index in [1.165, 1.54) is 4.31 Å². The third kappa shape index (κ3) is 6.69. The number of carbonyl (C=O) groups is 1. The minimum absolute atomic E-state index is 0.0952. The first-order valence-electron chi connectivity index (χ1n) is 8.65. The van der Waals surface area contributed by atoms with Crippen molar-refractivity contribution in [2.45, 2.75) is 19.5 Å². The molecule has 0 fully saturated rings. The maximum absolute atomic E-state index is 12.4. The van der Waals surface area contributed by atoms with E-state index in [1.807, 2.05) is 42.5 Å². The van der Waals surface area contributed by atoms with Gasteiger partial charge in [-0.15, -0.1) is 0 Å². The number of carbonyl (C=O) groups excluding carboxylic acids is 1. The van der Waals surface area contributed by atoms with Gasteiger partial charge < -0.3 is 9.64 Å². The van der Waals surface area contributed by atoms with Crippen molar-refractivity contribution >= 4 is 15.9 Å². The molecule has 0 saturated heterocycles. The van der Waals surface area contributed by atoms with Crippen molar-refractivity contribution in [3.8, 4) is 5.75 Å². The first-order valence-corrected chi connectivity index (χ1v) is 10.5. The first kappa shape index (κ1) is 20.9. The van der Waals surface area contributed by atoms with Gasteiger partial charge >= 0.3 is 0 Å². The van der Waals surface area contributed by atoms with E-state index < -0.39 is 10.0 Å². The molecule has 1 amide bonds. The maximum Gasteiger partial charge on any atom is 0.223 e. The van der Waals surface area contributed by atoms with Crippen LogP contribution in [0.3, 0.4) is 0 Å². The van der Waals surface area contributed by atoms with Crippen LogP contribution < -0.4 is 4.74 Å². The normalized spacial score (nSPS) is 11.4. The van der Waals surface area contributed by atoms with E-state index in [9.17, 15) is 13.2 Å². The number of sulfonamides is 1. The van der Waals surface area contributed by atoms with Crippen LogP contribution >= 0.6 is 0 Å². The molecule has 0 aliphatic heterocycles. The number of amides is 1. The number of nitrogens with zero attached hydrogens (tertiary/aromatic N) is 2. The van der Waals surface area contributed by atoms with Crippen molar-refractivity contribution in [1.82, 2.24) is 9.21 Å². The topological polar surface area (TPSA) is 66.9 Å². The Kier molecular flexibility index (Phi) is 7.38. The minimum atomic E-state index is -3.43. The molecule has 2 aromatic carbocycles. The molecule has 0 N–H and O–H groups in total. The SMILES string of the molecule is COc1ccc(CN(CCC(=O)N(C)Cc2ccccc2)S(C)(=O)=O)cc1. The predicted octanol–water partition coefficient (Wildman–Crippen LogP) is 2.51. The van der Waals surface area contributed by atoms with Gasteiger partial charge in [0, 0.05) is 33.1 Å². The standard InChI is InChI=1S/C20H26N2O4S/c1-21(15-17-7-5-4-6-8-17)20(23)13-14-22(27(3,24)25)16-18-9-11-19(26-2)12-10-18/h4-12H,13-16H2,1-3H3. The molecule has 0 atom stereocenters. The molecule has 146 valence electrons. The van der Waals surface area contributed by atoms with Gasteiger partial charge in [-0.1, -0.05) is 42.5 Å². The molecule has 6 nitrogen and oxygen atoms in total. The number of ether oxygens (including phenoxy) is 1. The predicted molar refractivity (Wildman–Crippen MR) is 106 cm³/mol. The monoisotopic (exact) mass is 390 g/mol. The summed E-state index contributed by atoms with van der Waals surface area (Å²) >= 11 is 0. The van der Waals surface area contributed by atoms with Gasteiger partial charge in [-0.2, -0.15) is 4.31 Å². The van der Waals surface area contributed by atoms with Crippen LogP contribution in [0.1, 0.15) is 17.5 Å². The largest absolute Gasteiger partial charge is 0.497 e. The van der Waals surface area contributed by atoms with Crippen LogP contribution in [0.5, 0.6) is 5.75 Å². The summed E-state index contributed by atoms with van der Waals surface area (Å²) in [7, 11) is -0.123. The molecule has 0 aliphatic rings. The lowest BCUT2D eigenvalue weighted by atomic mass is 10.2. The van der Waals surface area contributed by atoms with Crippen LogP contribution in [-0.2, 0) is 27.9 Å². The van der Waals surface area contributed by atoms with Gasteiger partial charge in [-0.25, -0.2) is 8.42 Å². The van der Waals surface area contributed by atoms with Crippen molar-refractivity contribution in [3.63, 3.8) is 0 Å². The second kappa shape index (κ2) is 9.53. The third-order valence-corrected chi connectivity index (χ3v) is 5.50. The van der Waals surface area contributed by atoms with Crippen molar-refractivity contribution < 1.29 is 17.9 Å². The van der Waals surface area contributed by atoms with E-state index in [-0.39, 0.29) is 25.4 Å². The summed E-state index contributed by atoms with van der Waals surface area (Å²) in [5.74, 6) is 0.615. The second-order valence-corrected chi connectivity index (χ2v) is 8.41. The Bertz CT molecular complexity index is 836. The summed E-state index contributed by atoms with van der Waals surface area (Å²) in [6.45, 7) is 0.859. The number of hydrogen-bond donors (Lipinski definition) is 0. The molecule has 0 heterocycles. The fourth-order valence-electron chi connectivity index (χ4n) is 2.65. The van der Waals surface area contributed by atoms with Crippen molar-refractivity contribution in [3.05, 3.63) is 65.7 Å². The molecule has 0 saturated carbocycles. The van der Waals surface area contributed by atoms with Gasteiger partial charge in [0.25, 0.3) is 0 Å². The van der Waals surface area contributed by atoms with E-state index in [0.717, 1.165) is 17.4 Å². The summed E-state index contributed by atoms with van der Waals surface area (Å²) in [6.07, 6.45) is 1.29. The Balaban J connectivity index is 1.96. The van der Waals surface area contributed by atoms with Gasteiger partial charge in [0.2, 0.25) is 15.9 Å². The highest BCUT2D eigenvalue weighted by Crippen LogP contribution is 2.15. The summed E-state index contributed by atoms with van der Waals surface area (Å²) in [5.41, 5.74) is 1.87. The zero-order valence-electron chi connectivity index (χ0n) is 16.0. The Labute approximate surface area is 161 Å². The summed E-state index contributed by atoms with van der Waals surface area (Å²) in [5, 5.41) is 0. The van der Waals surface area contributed by atoms with Crippen LogP contribution in [0.15, 0.2) is 54.6 Å². The molecule has 2 rings (SSSR count). The number of benzene rings is 2. The van der Waals surface area contributed by atoms with Gasteiger partial charge in [-0.3, -0.25) is 4.79 Å². The quantitative estimate of drug-likeness (QED) is 0.660. The fraction of sp³-hybridized carbons (Fsp3) is 0.350. The fourth-order valence-corrected chi connectivity index (χ4v) is 3.46. The van der Waals surface area contributed by atoms with Gasteiger partial charge in [0.05, 0.1) is 13.4 Å². The lowest BCUT2D eigenvalue weighted by Crippen LogP contribution is -2.34. The third-order valence-electron chi connectivity index (χ3n) is 4.25. The Morgan fingerprint density at radius 1 is 0.963 bits per heavy atom. The van der Waals surface area contributed by atoms with Crippen LogP contribution in [0.2, 0.25) is 0 Å². The highest BCUT2D eigenvalue weighted by atomic mass is 32.2. The smallest absolute Gasteiger partial charge is 0.223 e. The molecule has 0 aliphatic carbocycles. The molecular weight excluding hydrogens is 364 g/mol. The molecule has 0 aromatic heterocycles. The zero-order chi connectivity index (χ0) is 19.9. The van der Waals surface area contributed by atoms with Crippen molar-refractivity contribution in [2.75, 3.05) is 27.0 Å². The van der Waals surface area contributed by atoms with E-state index in [1.54, 1.807) is 31.2 Å². The second-order valence-electron chi connectivity index (χ2n) is 6.43. The zero-order valence-corrected chi connectivity index (χ0v) is 16.8. The molecule has 0 spiro atoms. The van der Waals surface area contributed by atoms with Gasteiger partial charge in [-0.05, 0) is 23.3 Å². The van der Waals surface area contributed by atoms with E-state index in [4.69, 9.17) is 4.74 Å². The molecule has 0 radical (unpaired) electrons. The van der Waals surface area contributed by atoms with Crippen LogP contribution in [0, 0.1) is 0 Å². The van der Waals surface area contributed by atoms with E-state index in [0.29, 0.717) is 12.3 Å². The summed E-state index contributed by atoms with van der Waals surface area (Å²) < 4.78 is 30.7. The molecular formula is C20H26N2O4S. The van der Waals surface area contributed by atoms with Gasteiger partial charge in [0.15, 0.2) is 0 Å². The Morgan fingerprint density at radius 2 is 1.56 bits per heavy atom. The van der Waals surface area contributed by atoms with Crippen LogP contribution in [0.4, 0.5) is 0 Å². The number of hydrogen-bond acceptors (Lipinski definition) is 4. The maximum atomic E-state index is 12.4. The molecule has 2 aromatic rings. The summed E-state index contributed by atoms with van der Waals surface area (Å²) in [4.78, 5) is 14.0. The molecule has 27 heavy (non-hydrogen) atoms. The van der Waals surface area contributed by atoms with Crippen molar-refractivity contribution in [1.29, 1.82) is 0 Å². The van der Waals surface area contributed by atoms with E-state index in [2.05, 4.69) is 0 Å². The molecule has 7 heteroatoms. The highest BCUT2D eigenvalue weighted by molar-refractivity contribution is 7.88. The minimum Gasteiger partial charge on any atom is -0.497 e. The molecule has 0 unspecified atom stereocenters. The average molecular weight is 391 g/mol. The highest BCUT2D eigenvalue weighted by Gasteiger charge is 2.19. The van der Waals surface area contributed by atoms with Crippen molar-refractivity contribution in [2.24, 2.45) is 0 Å². The lowest BCUT2D eigenvalue weighted by molar-refractivity contribution is -0.130. The Morgan fingerprint density at radius 3 is 2.11 bits per heavy atom. The molecule has 0 bridgehead atoms.